The molecule has 0 unspecified atom stereocenters. The minimum Gasteiger partial charge on any atom is -0.493 e. The third-order valence-corrected chi connectivity index (χ3v) is 3.90. The van der Waals surface area contributed by atoms with E-state index in [2.05, 4.69) is 0 Å². The predicted octanol–water partition coefficient (Wildman–Crippen LogP) is 3.18. The number of ether oxygens (including phenoxy) is 1. The normalized spacial score (nSPS) is 12.1. The molecule has 18 heavy (non-hydrogen) atoms. The largest absolute Gasteiger partial charge is 0.493 e. The van der Waals surface area contributed by atoms with Crippen LogP contribution in [0.2, 0.25) is 0 Å². The van der Waals surface area contributed by atoms with Crippen LogP contribution < -0.4 is 4.74 Å². The SMILES string of the molecule is Cc1ccc([S@](=O)CCOc2ccccc2)cc1. The lowest BCUT2D eigenvalue weighted by Crippen LogP contribution is -2.08. The molecule has 0 fully saturated rings. The lowest BCUT2D eigenvalue weighted by Gasteiger charge is -2.06. The van der Waals surface area contributed by atoms with Crippen LogP contribution in [0.4, 0.5) is 0 Å². The summed E-state index contributed by atoms with van der Waals surface area (Å²) in [7, 11) is -0.990. The second kappa shape index (κ2) is 6.36. The Morgan fingerprint density at radius 3 is 2.33 bits per heavy atom. The van der Waals surface area contributed by atoms with E-state index in [9.17, 15) is 4.21 Å². The van der Waals surface area contributed by atoms with E-state index in [0.717, 1.165) is 10.6 Å². The Kier molecular flexibility index (Phi) is 4.53. The number of rotatable bonds is 5. The van der Waals surface area contributed by atoms with Gasteiger partial charge in [0.2, 0.25) is 0 Å². The molecule has 0 spiro atoms. The van der Waals surface area contributed by atoms with Gasteiger partial charge in [0, 0.05) is 4.90 Å². The van der Waals surface area contributed by atoms with Gasteiger partial charge in [0.1, 0.15) is 12.4 Å². The van der Waals surface area contributed by atoms with Crippen molar-refractivity contribution < 1.29 is 8.95 Å². The van der Waals surface area contributed by atoms with Crippen molar-refractivity contribution in [3.05, 3.63) is 60.2 Å². The van der Waals surface area contributed by atoms with Crippen molar-refractivity contribution in [3.63, 3.8) is 0 Å². The zero-order chi connectivity index (χ0) is 12.8. The smallest absolute Gasteiger partial charge is 0.119 e. The highest BCUT2D eigenvalue weighted by Crippen LogP contribution is 2.10. The monoisotopic (exact) mass is 260 g/mol. The maximum Gasteiger partial charge on any atom is 0.119 e. The molecule has 0 aromatic heterocycles. The van der Waals surface area contributed by atoms with Crippen molar-refractivity contribution in [2.24, 2.45) is 0 Å². The van der Waals surface area contributed by atoms with Crippen molar-refractivity contribution in [1.29, 1.82) is 0 Å². The van der Waals surface area contributed by atoms with Gasteiger partial charge in [0.25, 0.3) is 0 Å². The van der Waals surface area contributed by atoms with E-state index in [1.165, 1.54) is 5.56 Å². The summed E-state index contributed by atoms with van der Waals surface area (Å²) in [6, 6.07) is 17.4. The lowest BCUT2D eigenvalue weighted by molar-refractivity contribution is 0.342. The summed E-state index contributed by atoms with van der Waals surface area (Å²) in [6.07, 6.45) is 0. The minimum absolute atomic E-state index is 0.463. The van der Waals surface area contributed by atoms with Crippen molar-refractivity contribution in [3.8, 4) is 5.75 Å². The summed E-state index contributed by atoms with van der Waals surface area (Å²) in [5.74, 6) is 1.33. The molecule has 0 saturated heterocycles. The fourth-order valence-corrected chi connectivity index (χ4v) is 2.47. The number of benzene rings is 2. The van der Waals surface area contributed by atoms with Crippen LogP contribution in [0, 0.1) is 6.92 Å². The molecule has 0 N–H and O–H groups in total. The molecule has 0 aliphatic heterocycles. The highest BCUT2D eigenvalue weighted by Gasteiger charge is 2.03. The van der Waals surface area contributed by atoms with Gasteiger partial charge in [-0.3, -0.25) is 4.21 Å². The molecule has 0 radical (unpaired) electrons. The first-order valence-electron chi connectivity index (χ1n) is 5.88. The van der Waals surface area contributed by atoms with Crippen LogP contribution >= 0.6 is 0 Å². The zero-order valence-corrected chi connectivity index (χ0v) is 11.2. The maximum absolute atomic E-state index is 12.0. The molecule has 0 bridgehead atoms. The van der Waals surface area contributed by atoms with Crippen LogP contribution in [-0.2, 0) is 10.8 Å². The van der Waals surface area contributed by atoms with Gasteiger partial charge < -0.3 is 4.74 Å². The van der Waals surface area contributed by atoms with Crippen molar-refractivity contribution in [1.82, 2.24) is 0 Å². The van der Waals surface area contributed by atoms with E-state index < -0.39 is 10.8 Å². The molecule has 2 aromatic carbocycles. The first-order chi connectivity index (χ1) is 8.75. The molecule has 0 heterocycles. The van der Waals surface area contributed by atoms with E-state index in [1.807, 2.05) is 61.5 Å². The lowest BCUT2D eigenvalue weighted by atomic mass is 10.2. The second-order valence-electron chi connectivity index (χ2n) is 4.02. The molecule has 3 heteroatoms. The van der Waals surface area contributed by atoms with Crippen LogP contribution in [0.5, 0.6) is 5.75 Å². The molecule has 0 aliphatic rings. The topological polar surface area (TPSA) is 26.3 Å². The van der Waals surface area contributed by atoms with E-state index in [-0.39, 0.29) is 0 Å². The molecule has 0 saturated carbocycles. The first-order valence-corrected chi connectivity index (χ1v) is 7.20. The van der Waals surface area contributed by atoms with Crippen molar-refractivity contribution >= 4 is 10.8 Å². The molecular formula is C15H16O2S. The van der Waals surface area contributed by atoms with Gasteiger partial charge in [-0.15, -0.1) is 0 Å². The first kappa shape index (κ1) is 12.8. The molecule has 2 rings (SSSR count). The maximum atomic E-state index is 12.0. The summed E-state index contributed by atoms with van der Waals surface area (Å²) in [4.78, 5) is 0.859. The Labute approximate surface area is 110 Å². The Bertz CT molecular complexity index is 506. The summed E-state index contributed by atoms with van der Waals surface area (Å²) >= 11 is 0. The Morgan fingerprint density at radius 2 is 1.67 bits per heavy atom. The Hall–Kier alpha value is -1.61. The Balaban J connectivity index is 1.84. The fourth-order valence-electron chi connectivity index (χ4n) is 1.56. The van der Waals surface area contributed by atoms with E-state index in [1.54, 1.807) is 0 Å². The van der Waals surface area contributed by atoms with Crippen LogP contribution in [0.25, 0.3) is 0 Å². The highest BCUT2D eigenvalue weighted by molar-refractivity contribution is 7.85. The van der Waals surface area contributed by atoms with E-state index in [0.29, 0.717) is 12.4 Å². The molecule has 0 amide bonds. The standard InChI is InChI=1S/C15H16O2S/c1-13-7-9-15(10-8-13)18(16)12-11-17-14-5-3-2-4-6-14/h2-10H,11-12H2,1H3/t18-/m1/s1. The van der Waals surface area contributed by atoms with Gasteiger partial charge >= 0.3 is 0 Å². The van der Waals surface area contributed by atoms with Crippen molar-refractivity contribution in [2.45, 2.75) is 11.8 Å². The summed E-state index contributed by atoms with van der Waals surface area (Å²) in [5.41, 5.74) is 1.18. The summed E-state index contributed by atoms with van der Waals surface area (Å²) in [5, 5.41) is 0. The van der Waals surface area contributed by atoms with Crippen LogP contribution in [-0.4, -0.2) is 16.6 Å². The number of aryl methyl sites for hydroxylation is 1. The van der Waals surface area contributed by atoms with E-state index >= 15 is 0 Å². The molecule has 2 aromatic rings. The highest BCUT2D eigenvalue weighted by atomic mass is 32.2. The van der Waals surface area contributed by atoms with Gasteiger partial charge in [-0.1, -0.05) is 35.9 Å². The van der Waals surface area contributed by atoms with Crippen LogP contribution in [0.1, 0.15) is 5.56 Å². The number of hydrogen-bond acceptors (Lipinski definition) is 2. The van der Waals surface area contributed by atoms with Crippen LogP contribution in [0.15, 0.2) is 59.5 Å². The van der Waals surface area contributed by atoms with Gasteiger partial charge in [0.05, 0.1) is 16.6 Å². The van der Waals surface area contributed by atoms with Gasteiger partial charge in [-0.25, -0.2) is 0 Å². The van der Waals surface area contributed by atoms with E-state index in [4.69, 9.17) is 4.74 Å². The van der Waals surface area contributed by atoms with Gasteiger partial charge in [0.15, 0.2) is 0 Å². The average Bonchev–Trinajstić information content (AvgIpc) is 2.40. The van der Waals surface area contributed by atoms with Crippen LogP contribution in [0.3, 0.4) is 0 Å². The summed E-state index contributed by atoms with van der Waals surface area (Å²) < 4.78 is 17.5. The number of para-hydroxylation sites is 1. The second-order valence-corrected chi connectivity index (χ2v) is 5.59. The van der Waals surface area contributed by atoms with Gasteiger partial charge in [-0.05, 0) is 31.2 Å². The third-order valence-electron chi connectivity index (χ3n) is 2.56. The molecule has 2 nitrogen and oxygen atoms in total. The fraction of sp³-hybridized carbons (Fsp3) is 0.200. The third kappa shape index (κ3) is 3.70. The number of hydrogen-bond donors (Lipinski definition) is 0. The minimum atomic E-state index is -0.990. The molecular weight excluding hydrogens is 244 g/mol. The Morgan fingerprint density at radius 1 is 1.00 bits per heavy atom. The zero-order valence-electron chi connectivity index (χ0n) is 10.3. The quantitative estimate of drug-likeness (QED) is 0.825. The molecule has 94 valence electrons. The molecule has 0 aliphatic carbocycles. The molecule has 1 atom stereocenters. The predicted molar refractivity (Wildman–Crippen MR) is 74.4 cm³/mol. The summed E-state index contributed by atoms with van der Waals surface area (Å²) in [6.45, 7) is 2.48. The van der Waals surface area contributed by atoms with Crippen molar-refractivity contribution in [2.75, 3.05) is 12.4 Å². The van der Waals surface area contributed by atoms with Gasteiger partial charge in [-0.2, -0.15) is 0 Å². The average molecular weight is 260 g/mol.